The molecule has 4 nitrogen and oxygen atoms in total. The summed E-state index contributed by atoms with van der Waals surface area (Å²) in [6, 6.07) is 7.18. The van der Waals surface area contributed by atoms with Gasteiger partial charge in [-0.25, -0.2) is 0 Å². The Morgan fingerprint density at radius 1 is 1.55 bits per heavy atom. The number of aliphatic imine (C=N–C) groups is 1. The molecule has 2 rings (SSSR count). The first-order valence-corrected chi connectivity index (χ1v) is 3.10. The molecule has 11 heavy (non-hydrogen) atoms. The van der Waals surface area contributed by atoms with E-state index in [1.165, 1.54) is 0 Å². The average Bonchev–Trinajstić information content (AvgIpc) is 2.32. The minimum atomic E-state index is 0.499. The predicted octanol–water partition coefficient (Wildman–Crippen LogP) is 1.23. The number of rotatable bonds is 0. The molecule has 0 spiro atoms. The van der Waals surface area contributed by atoms with Crippen molar-refractivity contribution < 1.29 is 4.74 Å². The molecule has 0 amide bonds. The standard InChI is InChI=1S/C7H5N3O/c8-5-1-2-7-6(3-5)9-4-10(7)11/h1-3H,8H2. The van der Waals surface area contributed by atoms with Gasteiger partial charge < -0.3 is 10.9 Å². The maximum absolute atomic E-state index is 10.8. The highest BCUT2D eigenvalue weighted by Gasteiger charge is 2.14. The zero-order valence-corrected chi connectivity index (χ0v) is 5.61. The lowest BCUT2D eigenvalue weighted by atomic mass is 10.2. The van der Waals surface area contributed by atoms with Crippen LogP contribution < -0.4 is 5.73 Å². The van der Waals surface area contributed by atoms with Gasteiger partial charge in [-0.1, -0.05) is 0 Å². The highest BCUT2D eigenvalue weighted by molar-refractivity contribution is 5.71. The van der Waals surface area contributed by atoms with Gasteiger partial charge in [0.05, 0.1) is 0 Å². The van der Waals surface area contributed by atoms with Gasteiger partial charge >= 0.3 is 6.01 Å². The summed E-state index contributed by atoms with van der Waals surface area (Å²) in [7, 11) is 0. The summed E-state index contributed by atoms with van der Waals surface area (Å²) in [5, 5.41) is 10.8. The molecule has 0 unspecified atom stereocenters. The van der Waals surface area contributed by atoms with E-state index in [4.69, 9.17) is 5.73 Å². The molecular formula is C7H5N3O. The topological polar surface area (TPSA) is 64.4 Å². The first-order chi connectivity index (χ1) is 5.27. The summed E-state index contributed by atoms with van der Waals surface area (Å²) in [6.45, 7) is 0. The van der Waals surface area contributed by atoms with E-state index in [-0.39, 0.29) is 0 Å². The van der Waals surface area contributed by atoms with E-state index in [0.717, 1.165) is 0 Å². The summed E-state index contributed by atoms with van der Waals surface area (Å²) in [5.41, 5.74) is 7.15. The fourth-order valence-corrected chi connectivity index (χ4v) is 0.955. The van der Waals surface area contributed by atoms with Crippen LogP contribution in [0, 0.1) is 5.21 Å². The van der Waals surface area contributed by atoms with Crippen LogP contribution in [0.4, 0.5) is 17.1 Å². The second-order valence-electron chi connectivity index (χ2n) is 2.25. The molecular weight excluding hydrogens is 142 g/mol. The quantitative estimate of drug-likeness (QED) is 0.340. The molecule has 0 aliphatic carbocycles. The van der Waals surface area contributed by atoms with E-state index in [0.29, 0.717) is 21.8 Å². The van der Waals surface area contributed by atoms with E-state index >= 15 is 0 Å². The van der Waals surface area contributed by atoms with Crippen molar-refractivity contribution in [1.29, 1.82) is 0 Å². The number of anilines is 1. The Labute approximate surface area is 62.9 Å². The summed E-state index contributed by atoms with van der Waals surface area (Å²) in [6.07, 6.45) is 0. The third-order valence-electron chi connectivity index (χ3n) is 1.48. The second-order valence-corrected chi connectivity index (χ2v) is 2.25. The molecule has 0 atom stereocenters. The summed E-state index contributed by atoms with van der Waals surface area (Å²) in [4.78, 5) is 3.72. The first-order valence-electron chi connectivity index (χ1n) is 3.10. The normalized spacial score (nSPS) is 12.9. The molecule has 1 aromatic carbocycles. The zero-order chi connectivity index (χ0) is 7.84. The minimum absolute atomic E-state index is 0.499. The fourth-order valence-electron chi connectivity index (χ4n) is 0.955. The highest BCUT2D eigenvalue weighted by Crippen LogP contribution is 2.31. The number of fused-ring (bicyclic) bond motifs is 1. The van der Waals surface area contributed by atoms with Crippen LogP contribution in [0.3, 0.4) is 0 Å². The molecule has 0 saturated heterocycles. The lowest BCUT2D eigenvalue weighted by molar-refractivity contribution is -0.348. The first kappa shape index (κ1) is 5.95. The third-order valence-corrected chi connectivity index (χ3v) is 1.48. The Kier molecular flexibility index (Phi) is 0.995. The largest absolute Gasteiger partial charge is 0.703 e. The van der Waals surface area contributed by atoms with Gasteiger partial charge in [0.2, 0.25) is 5.69 Å². The van der Waals surface area contributed by atoms with Crippen LogP contribution in [0.2, 0.25) is 0 Å². The van der Waals surface area contributed by atoms with Crippen molar-refractivity contribution in [2.45, 2.75) is 0 Å². The fraction of sp³-hybridized carbons (Fsp3) is 0. The molecule has 0 radical (unpaired) electrons. The molecule has 1 heterocycles. The van der Waals surface area contributed by atoms with Crippen LogP contribution in [0.1, 0.15) is 0 Å². The maximum atomic E-state index is 10.8. The Hall–Kier alpha value is -1.80. The van der Waals surface area contributed by atoms with Crippen LogP contribution in [0.25, 0.3) is 0 Å². The van der Waals surface area contributed by atoms with Crippen LogP contribution in [0.5, 0.6) is 0 Å². The zero-order valence-electron chi connectivity index (χ0n) is 5.61. The lowest BCUT2D eigenvalue weighted by Crippen LogP contribution is -1.88. The molecule has 1 aliphatic heterocycles. The Morgan fingerprint density at radius 3 is 3.18 bits per heavy atom. The van der Waals surface area contributed by atoms with Gasteiger partial charge in [-0.2, -0.15) is 4.74 Å². The van der Waals surface area contributed by atoms with Crippen molar-refractivity contribution >= 4 is 23.1 Å². The molecule has 2 N–H and O–H groups in total. The number of hydrogen-bond donors (Lipinski definition) is 1. The van der Waals surface area contributed by atoms with E-state index < -0.39 is 0 Å². The number of nitrogen functional groups attached to an aromatic ring is 1. The number of nitrogens with two attached hydrogens (primary N) is 1. The Morgan fingerprint density at radius 2 is 2.36 bits per heavy atom. The van der Waals surface area contributed by atoms with Crippen molar-refractivity contribution in [3.63, 3.8) is 0 Å². The molecule has 0 bridgehead atoms. The summed E-state index contributed by atoms with van der Waals surface area (Å²) >= 11 is 0. The molecule has 0 saturated carbocycles. The minimum Gasteiger partial charge on any atom is -0.703 e. The van der Waals surface area contributed by atoms with Gasteiger partial charge in [0.1, 0.15) is 0 Å². The van der Waals surface area contributed by atoms with Gasteiger partial charge in [-0.05, 0) is 12.1 Å². The number of hydrogen-bond acceptors (Lipinski definition) is 3. The van der Waals surface area contributed by atoms with Crippen LogP contribution in [-0.4, -0.2) is 10.7 Å². The van der Waals surface area contributed by atoms with E-state index in [1.54, 1.807) is 18.2 Å². The van der Waals surface area contributed by atoms with Gasteiger partial charge in [0.15, 0.2) is 5.69 Å². The molecule has 0 aromatic heterocycles. The summed E-state index contributed by atoms with van der Waals surface area (Å²) in [5.74, 6) is 0. The maximum Gasteiger partial charge on any atom is 0.322 e. The Balaban J connectivity index is 2.66. The molecule has 1 aromatic rings. The SMILES string of the molecule is Nc1ccc2c(c1)N=C=[N+]2[O-]. The van der Waals surface area contributed by atoms with Gasteiger partial charge in [0.25, 0.3) is 0 Å². The predicted molar refractivity (Wildman–Crippen MR) is 41.2 cm³/mol. The van der Waals surface area contributed by atoms with Gasteiger partial charge in [-0.3, -0.25) is 0 Å². The highest BCUT2D eigenvalue weighted by atomic mass is 16.5. The van der Waals surface area contributed by atoms with Crippen LogP contribution >= 0.6 is 0 Å². The molecule has 0 fully saturated rings. The number of nitrogens with zero attached hydrogens (tertiary/aromatic N) is 2. The van der Waals surface area contributed by atoms with Crippen LogP contribution in [0.15, 0.2) is 23.2 Å². The third kappa shape index (κ3) is 0.772. The van der Waals surface area contributed by atoms with Crippen molar-refractivity contribution in [3.8, 4) is 0 Å². The second kappa shape index (κ2) is 1.84. The van der Waals surface area contributed by atoms with Crippen molar-refractivity contribution in [2.75, 3.05) is 5.73 Å². The van der Waals surface area contributed by atoms with E-state index in [9.17, 15) is 5.21 Å². The van der Waals surface area contributed by atoms with Crippen molar-refractivity contribution in [2.24, 2.45) is 4.99 Å². The van der Waals surface area contributed by atoms with E-state index in [1.807, 2.05) is 0 Å². The monoisotopic (exact) mass is 147 g/mol. The average molecular weight is 147 g/mol. The van der Waals surface area contributed by atoms with Crippen molar-refractivity contribution in [3.05, 3.63) is 23.4 Å². The number of benzene rings is 1. The van der Waals surface area contributed by atoms with E-state index in [2.05, 4.69) is 11.0 Å². The van der Waals surface area contributed by atoms with Gasteiger partial charge in [-0.15, -0.1) is 0 Å². The molecule has 54 valence electrons. The molecule has 1 aliphatic rings. The smallest absolute Gasteiger partial charge is 0.322 e. The molecule has 4 heteroatoms. The lowest BCUT2D eigenvalue weighted by Gasteiger charge is -1.99. The van der Waals surface area contributed by atoms with Crippen LogP contribution in [-0.2, 0) is 0 Å². The summed E-state index contributed by atoms with van der Waals surface area (Å²) < 4.78 is 0.592. The Bertz CT molecular complexity index is 377. The van der Waals surface area contributed by atoms with Gasteiger partial charge in [0, 0.05) is 16.7 Å². The van der Waals surface area contributed by atoms with Crippen molar-refractivity contribution in [1.82, 2.24) is 0 Å².